The molecule has 0 radical (unpaired) electrons. The van der Waals surface area contributed by atoms with Crippen LogP contribution in [0.5, 0.6) is 0 Å². The molecule has 17 heavy (non-hydrogen) atoms. The molecule has 0 aromatic carbocycles. The van der Waals surface area contributed by atoms with Crippen LogP contribution in [0.25, 0.3) is 0 Å². The lowest BCUT2D eigenvalue weighted by Crippen LogP contribution is -2.41. The van der Waals surface area contributed by atoms with Gasteiger partial charge < -0.3 is 24.8 Å². The summed E-state index contributed by atoms with van der Waals surface area (Å²) in [5.74, 6) is 0. The SMILES string of the molecule is CCCCC(CO)OC1CC(O)CC(CO)O1. The third-order valence-electron chi connectivity index (χ3n) is 2.97. The fourth-order valence-electron chi connectivity index (χ4n) is 2.00. The lowest BCUT2D eigenvalue weighted by molar-refractivity contribution is -0.243. The van der Waals surface area contributed by atoms with Crippen molar-refractivity contribution in [2.75, 3.05) is 13.2 Å². The molecule has 1 saturated heterocycles. The summed E-state index contributed by atoms with van der Waals surface area (Å²) in [5.41, 5.74) is 0. The summed E-state index contributed by atoms with van der Waals surface area (Å²) in [6.45, 7) is 1.92. The van der Waals surface area contributed by atoms with Crippen LogP contribution in [0.2, 0.25) is 0 Å². The van der Waals surface area contributed by atoms with Crippen LogP contribution in [0.15, 0.2) is 0 Å². The molecule has 0 amide bonds. The molecule has 3 N–H and O–H groups in total. The van der Waals surface area contributed by atoms with Crippen LogP contribution in [0.4, 0.5) is 0 Å². The number of unbranched alkanes of at least 4 members (excludes halogenated alkanes) is 1. The van der Waals surface area contributed by atoms with Crippen LogP contribution in [0.1, 0.15) is 39.0 Å². The first kappa shape index (κ1) is 14.9. The van der Waals surface area contributed by atoms with E-state index in [4.69, 9.17) is 14.6 Å². The topological polar surface area (TPSA) is 79.2 Å². The molecule has 5 heteroatoms. The highest BCUT2D eigenvalue weighted by atomic mass is 16.7. The first-order chi connectivity index (χ1) is 8.19. The maximum atomic E-state index is 9.61. The molecule has 4 unspecified atom stereocenters. The van der Waals surface area contributed by atoms with E-state index in [0.717, 1.165) is 19.3 Å². The second kappa shape index (κ2) is 8.00. The molecule has 1 fully saturated rings. The Hall–Kier alpha value is -0.200. The number of ether oxygens (including phenoxy) is 2. The second-order valence-corrected chi connectivity index (χ2v) is 4.58. The molecule has 102 valence electrons. The zero-order valence-corrected chi connectivity index (χ0v) is 10.4. The van der Waals surface area contributed by atoms with Gasteiger partial charge in [0, 0.05) is 12.8 Å². The summed E-state index contributed by atoms with van der Waals surface area (Å²) in [5, 5.41) is 27.8. The largest absolute Gasteiger partial charge is 0.394 e. The predicted octanol–water partition coefficient (Wildman–Crippen LogP) is 0.412. The quantitative estimate of drug-likeness (QED) is 0.608. The van der Waals surface area contributed by atoms with E-state index in [0.29, 0.717) is 12.8 Å². The summed E-state index contributed by atoms with van der Waals surface area (Å²) < 4.78 is 11.1. The van der Waals surface area contributed by atoms with Gasteiger partial charge >= 0.3 is 0 Å². The Morgan fingerprint density at radius 3 is 2.71 bits per heavy atom. The van der Waals surface area contributed by atoms with E-state index in [1.54, 1.807) is 0 Å². The number of rotatable bonds is 7. The molecule has 0 spiro atoms. The van der Waals surface area contributed by atoms with Crippen molar-refractivity contribution in [3.05, 3.63) is 0 Å². The minimum Gasteiger partial charge on any atom is -0.394 e. The maximum Gasteiger partial charge on any atom is 0.161 e. The van der Waals surface area contributed by atoms with Gasteiger partial charge in [0.05, 0.1) is 31.5 Å². The molecule has 0 aliphatic carbocycles. The highest BCUT2D eigenvalue weighted by Gasteiger charge is 2.30. The van der Waals surface area contributed by atoms with Crippen molar-refractivity contribution in [3.63, 3.8) is 0 Å². The lowest BCUT2D eigenvalue weighted by Gasteiger charge is -2.34. The van der Waals surface area contributed by atoms with Crippen LogP contribution < -0.4 is 0 Å². The second-order valence-electron chi connectivity index (χ2n) is 4.58. The predicted molar refractivity (Wildman–Crippen MR) is 62.5 cm³/mol. The molecule has 0 aromatic heterocycles. The van der Waals surface area contributed by atoms with Gasteiger partial charge in [-0.05, 0) is 6.42 Å². The zero-order chi connectivity index (χ0) is 12.7. The van der Waals surface area contributed by atoms with E-state index < -0.39 is 12.4 Å². The molecule has 1 aliphatic rings. The van der Waals surface area contributed by atoms with Crippen molar-refractivity contribution in [1.29, 1.82) is 0 Å². The molecule has 4 atom stereocenters. The van der Waals surface area contributed by atoms with E-state index in [-0.39, 0.29) is 25.4 Å². The van der Waals surface area contributed by atoms with Crippen molar-refractivity contribution in [3.8, 4) is 0 Å². The maximum absolute atomic E-state index is 9.61. The van der Waals surface area contributed by atoms with Crippen LogP contribution in [-0.2, 0) is 9.47 Å². The summed E-state index contributed by atoms with van der Waals surface area (Å²) in [4.78, 5) is 0. The third-order valence-corrected chi connectivity index (χ3v) is 2.97. The first-order valence-corrected chi connectivity index (χ1v) is 6.40. The molecule has 1 rings (SSSR count). The van der Waals surface area contributed by atoms with Crippen LogP contribution >= 0.6 is 0 Å². The van der Waals surface area contributed by atoms with Crippen LogP contribution in [-0.4, -0.2) is 53.1 Å². The highest BCUT2D eigenvalue weighted by molar-refractivity contribution is 4.73. The average molecular weight is 248 g/mol. The summed E-state index contributed by atoms with van der Waals surface area (Å²) >= 11 is 0. The van der Waals surface area contributed by atoms with Gasteiger partial charge in [-0.3, -0.25) is 0 Å². The fourth-order valence-corrected chi connectivity index (χ4v) is 2.00. The molecule has 1 heterocycles. The molecular weight excluding hydrogens is 224 g/mol. The van der Waals surface area contributed by atoms with E-state index in [9.17, 15) is 10.2 Å². The lowest BCUT2D eigenvalue weighted by atomic mass is 10.1. The highest BCUT2D eigenvalue weighted by Crippen LogP contribution is 2.22. The van der Waals surface area contributed by atoms with Crippen molar-refractivity contribution in [2.24, 2.45) is 0 Å². The van der Waals surface area contributed by atoms with Gasteiger partial charge in [0.1, 0.15) is 0 Å². The average Bonchev–Trinajstić information content (AvgIpc) is 2.33. The Morgan fingerprint density at radius 1 is 1.35 bits per heavy atom. The molecule has 0 bridgehead atoms. The van der Waals surface area contributed by atoms with Crippen LogP contribution in [0.3, 0.4) is 0 Å². The summed E-state index contributed by atoms with van der Waals surface area (Å²) in [6, 6.07) is 0. The Bertz CT molecular complexity index is 199. The van der Waals surface area contributed by atoms with E-state index in [1.807, 2.05) is 0 Å². The first-order valence-electron chi connectivity index (χ1n) is 6.40. The molecular formula is C12H24O5. The summed E-state index contributed by atoms with van der Waals surface area (Å²) in [6.07, 6.45) is 2.03. The van der Waals surface area contributed by atoms with Gasteiger partial charge in [-0.1, -0.05) is 19.8 Å². The number of aliphatic hydroxyl groups excluding tert-OH is 3. The minimum atomic E-state index is -0.523. The van der Waals surface area contributed by atoms with E-state index >= 15 is 0 Å². The number of hydrogen-bond acceptors (Lipinski definition) is 5. The van der Waals surface area contributed by atoms with Crippen molar-refractivity contribution < 1.29 is 24.8 Å². The van der Waals surface area contributed by atoms with Crippen LogP contribution in [0, 0.1) is 0 Å². The van der Waals surface area contributed by atoms with Gasteiger partial charge in [0.2, 0.25) is 0 Å². The Balaban J connectivity index is 2.37. The van der Waals surface area contributed by atoms with Gasteiger partial charge in [-0.25, -0.2) is 0 Å². The van der Waals surface area contributed by atoms with E-state index in [1.165, 1.54) is 0 Å². The Kier molecular flexibility index (Phi) is 6.99. The third kappa shape index (κ3) is 5.31. The Labute approximate surface area is 102 Å². The van der Waals surface area contributed by atoms with Gasteiger partial charge in [-0.2, -0.15) is 0 Å². The number of hydrogen-bond donors (Lipinski definition) is 3. The zero-order valence-electron chi connectivity index (χ0n) is 10.4. The van der Waals surface area contributed by atoms with Crippen molar-refractivity contribution >= 4 is 0 Å². The van der Waals surface area contributed by atoms with E-state index in [2.05, 4.69) is 6.92 Å². The molecule has 0 saturated carbocycles. The van der Waals surface area contributed by atoms with Crippen molar-refractivity contribution in [2.45, 2.75) is 63.6 Å². The van der Waals surface area contributed by atoms with Crippen molar-refractivity contribution in [1.82, 2.24) is 0 Å². The summed E-state index contributed by atoms with van der Waals surface area (Å²) in [7, 11) is 0. The molecule has 5 nitrogen and oxygen atoms in total. The fraction of sp³-hybridized carbons (Fsp3) is 1.00. The van der Waals surface area contributed by atoms with Gasteiger partial charge in [-0.15, -0.1) is 0 Å². The monoisotopic (exact) mass is 248 g/mol. The Morgan fingerprint density at radius 2 is 2.12 bits per heavy atom. The van der Waals surface area contributed by atoms with Gasteiger partial charge in [0.25, 0.3) is 0 Å². The van der Waals surface area contributed by atoms with Gasteiger partial charge in [0.15, 0.2) is 6.29 Å². The molecule has 1 aliphatic heterocycles. The minimum absolute atomic E-state index is 0.0419. The smallest absolute Gasteiger partial charge is 0.161 e. The standard InChI is InChI=1S/C12H24O5/c1-2-3-4-10(7-13)16-12-6-9(15)5-11(8-14)17-12/h9-15H,2-8H2,1H3. The molecule has 0 aromatic rings. The number of aliphatic hydroxyl groups is 3. The normalized spacial score (nSPS) is 31.4.